The van der Waals surface area contributed by atoms with Gasteiger partial charge in [-0.05, 0) is 71.3 Å². The number of aromatic nitrogens is 2. The van der Waals surface area contributed by atoms with Gasteiger partial charge in [-0.15, -0.1) is 0 Å². The number of nitrogens with zero attached hydrogens (tertiary/aromatic N) is 3. The Morgan fingerprint density at radius 3 is 1.69 bits per heavy atom. The van der Waals surface area contributed by atoms with Crippen molar-refractivity contribution >= 4 is 60.8 Å². The SMILES string of the molecule is C=C1/C=C\C=C/CN(c2cccc(-c3nc(-c4ccccc4)cc(-c4cc(-c5cccc6c5oc5ccccc56)cc(-c5cccc6c5oc5ccccc56)c4)n3)c2)c2ccccc21. The second kappa shape index (κ2) is 15.4. The Labute approximate surface area is 370 Å². The van der Waals surface area contributed by atoms with Crippen molar-refractivity contribution in [3.8, 4) is 56.2 Å². The number of furan rings is 2. The summed E-state index contributed by atoms with van der Waals surface area (Å²) in [6, 6.07) is 65.4. The molecule has 0 aliphatic carbocycles. The Bertz CT molecular complexity index is 3550. The quantitative estimate of drug-likeness (QED) is 0.167. The zero-order chi connectivity index (χ0) is 42.6. The smallest absolute Gasteiger partial charge is 0.160 e. The molecule has 4 heterocycles. The van der Waals surface area contributed by atoms with Crippen molar-refractivity contribution in [2.45, 2.75) is 0 Å². The highest BCUT2D eigenvalue weighted by Crippen LogP contribution is 2.43. The van der Waals surface area contributed by atoms with Crippen molar-refractivity contribution in [3.63, 3.8) is 0 Å². The maximum atomic E-state index is 6.64. The normalized spacial score (nSPS) is 13.8. The highest BCUT2D eigenvalue weighted by Gasteiger charge is 2.20. The lowest BCUT2D eigenvalue weighted by Crippen LogP contribution is -2.18. The Morgan fingerprint density at radius 2 is 0.984 bits per heavy atom. The molecule has 11 aromatic rings. The number of fused-ring (bicyclic) bond motifs is 7. The molecule has 5 nitrogen and oxygen atoms in total. The molecule has 1 aliphatic heterocycles. The van der Waals surface area contributed by atoms with Gasteiger partial charge in [0.15, 0.2) is 5.82 Å². The summed E-state index contributed by atoms with van der Waals surface area (Å²) >= 11 is 0. The Kier molecular flexibility index (Phi) is 8.97. The van der Waals surface area contributed by atoms with Gasteiger partial charge in [-0.1, -0.05) is 164 Å². The lowest BCUT2D eigenvalue weighted by molar-refractivity contribution is 0.670. The number of para-hydroxylation sites is 5. The van der Waals surface area contributed by atoms with Crippen LogP contribution in [0.4, 0.5) is 11.4 Å². The van der Waals surface area contributed by atoms with E-state index in [2.05, 4.69) is 194 Å². The molecule has 12 rings (SSSR count). The molecule has 0 saturated carbocycles. The van der Waals surface area contributed by atoms with E-state index in [9.17, 15) is 0 Å². The van der Waals surface area contributed by atoms with Crippen LogP contribution in [0.5, 0.6) is 0 Å². The monoisotopic (exact) mass is 821 g/mol. The molecular weight excluding hydrogens is 783 g/mol. The fraction of sp³-hybridized carbons (Fsp3) is 0.0169. The minimum atomic E-state index is 0.628. The minimum absolute atomic E-state index is 0.628. The molecule has 1 aliphatic rings. The van der Waals surface area contributed by atoms with E-state index < -0.39 is 0 Å². The van der Waals surface area contributed by atoms with Crippen molar-refractivity contribution in [1.82, 2.24) is 9.97 Å². The summed E-state index contributed by atoms with van der Waals surface area (Å²) in [4.78, 5) is 13.0. The molecule has 0 fully saturated rings. The molecule has 0 spiro atoms. The van der Waals surface area contributed by atoms with Crippen LogP contribution in [0, 0.1) is 0 Å². The summed E-state index contributed by atoms with van der Waals surface area (Å²) < 4.78 is 13.3. The van der Waals surface area contributed by atoms with Crippen molar-refractivity contribution in [3.05, 3.63) is 225 Å². The van der Waals surface area contributed by atoms with Crippen LogP contribution in [0.2, 0.25) is 0 Å². The fourth-order valence-corrected chi connectivity index (χ4v) is 9.16. The van der Waals surface area contributed by atoms with E-state index in [1.54, 1.807) is 0 Å². The summed E-state index contributed by atoms with van der Waals surface area (Å²) in [6.45, 7) is 5.07. The molecule has 0 bridgehead atoms. The molecule has 64 heavy (non-hydrogen) atoms. The van der Waals surface area contributed by atoms with Crippen molar-refractivity contribution < 1.29 is 8.83 Å². The number of anilines is 2. The topological polar surface area (TPSA) is 55.3 Å². The first-order valence-corrected chi connectivity index (χ1v) is 21.5. The van der Waals surface area contributed by atoms with Crippen molar-refractivity contribution in [2.75, 3.05) is 11.4 Å². The third-order valence-electron chi connectivity index (χ3n) is 12.2. The molecule has 302 valence electrons. The molecule has 8 aromatic carbocycles. The number of benzene rings is 8. The first-order valence-electron chi connectivity index (χ1n) is 21.5. The summed E-state index contributed by atoms with van der Waals surface area (Å²) in [7, 11) is 0. The third-order valence-corrected chi connectivity index (χ3v) is 12.2. The number of hydrogen-bond acceptors (Lipinski definition) is 5. The van der Waals surface area contributed by atoms with Crippen LogP contribution in [0.3, 0.4) is 0 Å². The summed E-state index contributed by atoms with van der Waals surface area (Å²) in [5.74, 6) is 0.628. The second-order valence-corrected chi connectivity index (χ2v) is 16.2. The largest absolute Gasteiger partial charge is 0.455 e. The molecule has 0 amide bonds. The van der Waals surface area contributed by atoms with E-state index in [1.165, 1.54) is 0 Å². The van der Waals surface area contributed by atoms with E-state index >= 15 is 0 Å². The van der Waals surface area contributed by atoms with Crippen LogP contribution in [0.25, 0.3) is 106 Å². The van der Waals surface area contributed by atoms with E-state index in [1.807, 2.05) is 30.3 Å². The van der Waals surface area contributed by atoms with Gasteiger partial charge >= 0.3 is 0 Å². The second-order valence-electron chi connectivity index (χ2n) is 16.2. The van der Waals surface area contributed by atoms with Gasteiger partial charge in [0.1, 0.15) is 22.3 Å². The standard InChI is InChI=1S/C59H39N3O2/c1-38-17-4-3-13-32-62(54-29-10-7-22-45(38)54)44-21-14-20-40(36-44)59-60-52(39-18-5-2-6-19-39)37-53(61-59)43-34-41(46-25-15-27-50-48-23-8-11-30-55(48)63-57(46)50)33-42(35-43)47-26-16-28-51-49-24-9-12-31-56(49)64-58(47)51/h2-31,33-37H,1,32H2/b13-3-,17-4-. The van der Waals surface area contributed by atoms with Gasteiger partial charge in [0.2, 0.25) is 0 Å². The highest BCUT2D eigenvalue weighted by atomic mass is 16.3. The summed E-state index contributed by atoms with van der Waals surface area (Å²) in [5, 5.41) is 4.32. The predicted octanol–water partition coefficient (Wildman–Crippen LogP) is 15.9. The average Bonchev–Trinajstić information content (AvgIpc) is 3.95. The van der Waals surface area contributed by atoms with Gasteiger partial charge in [-0.2, -0.15) is 0 Å². The minimum Gasteiger partial charge on any atom is -0.455 e. The van der Waals surface area contributed by atoms with Gasteiger partial charge in [-0.3, -0.25) is 0 Å². The van der Waals surface area contributed by atoms with Gasteiger partial charge in [0, 0.05) is 72.8 Å². The fourth-order valence-electron chi connectivity index (χ4n) is 9.16. The molecule has 3 aromatic heterocycles. The Hall–Kier alpha value is -8.54. The molecule has 0 unspecified atom stereocenters. The number of allylic oxidation sites excluding steroid dienone is 4. The van der Waals surface area contributed by atoms with Gasteiger partial charge in [-0.25, -0.2) is 9.97 Å². The van der Waals surface area contributed by atoms with Crippen LogP contribution >= 0.6 is 0 Å². The zero-order valence-corrected chi connectivity index (χ0v) is 34.8. The van der Waals surface area contributed by atoms with E-state index in [0.29, 0.717) is 12.4 Å². The maximum Gasteiger partial charge on any atom is 0.160 e. The van der Waals surface area contributed by atoms with E-state index in [4.69, 9.17) is 18.8 Å². The van der Waals surface area contributed by atoms with Crippen LogP contribution < -0.4 is 4.90 Å². The van der Waals surface area contributed by atoms with Crippen molar-refractivity contribution in [1.29, 1.82) is 0 Å². The van der Waals surface area contributed by atoms with E-state index in [-0.39, 0.29) is 0 Å². The van der Waals surface area contributed by atoms with E-state index in [0.717, 1.165) is 117 Å². The van der Waals surface area contributed by atoms with Crippen LogP contribution in [-0.2, 0) is 0 Å². The number of rotatable bonds is 6. The van der Waals surface area contributed by atoms with Crippen LogP contribution in [-0.4, -0.2) is 16.5 Å². The molecular formula is C59H39N3O2. The molecule has 5 heteroatoms. The highest BCUT2D eigenvalue weighted by molar-refractivity contribution is 6.11. The average molecular weight is 822 g/mol. The van der Waals surface area contributed by atoms with Crippen LogP contribution in [0.1, 0.15) is 5.56 Å². The maximum absolute atomic E-state index is 6.64. The van der Waals surface area contributed by atoms with Gasteiger partial charge in [0.05, 0.1) is 11.4 Å². The molecule has 0 N–H and O–H groups in total. The number of hydrogen-bond donors (Lipinski definition) is 0. The third kappa shape index (κ3) is 6.50. The lowest BCUT2D eigenvalue weighted by atomic mass is 9.93. The first kappa shape index (κ1) is 37.2. The Balaban J connectivity index is 1.07. The lowest BCUT2D eigenvalue weighted by Gasteiger charge is -2.26. The van der Waals surface area contributed by atoms with Gasteiger partial charge < -0.3 is 13.7 Å². The summed E-state index contributed by atoms with van der Waals surface area (Å²) in [6.07, 6.45) is 8.37. The summed E-state index contributed by atoms with van der Waals surface area (Å²) in [5.41, 5.74) is 16.0. The predicted molar refractivity (Wildman–Crippen MR) is 265 cm³/mol. The molecule has 0 atom stereocenters. The zero-order valence-electron chi connectivity index (χ0n) is 34.8. The van der Waals surface area contributed by atoms with Crippen LogP contribution in [0.15, 0.2) is 228 Å². The van der Waals surface area contributed by atoms with Crippen molar-refractivity contribution in [2.24, 2.45) is 0 Å². The van der Waals surface area contributed by atoms with Gasteiger partial charge in [0.25, 0.3) is 0 Å². The first-order chi connectivity index (χ1) is 31.6. The molecule has 0 radical (unpaired) electrons. The molecule has 0 saturated heterocycles. The Morgan fingerprint density at radius 1 is 0.438 bits per heavy atom.